The summed E-state index contributed by atoms with van der Waals surface area (Å²) in [7, 11) is 0. The predicted molar refractivity (Wildman–Crippen MR) is 114 cm³/mol. The second-order valence-corrected chi connectivity index (χ2v) is 7.43. The van der Waals surface area contributed by atoms with Crippen LogP contribution < -0.4 is 10.6 Å². The van der Waals surface area contributed by atoms with Crippen molar-refractivity contribution in [2.45, 2.75) is 11.7 Å². The van der Waals surface area contributed by atoms with E-state index in [1.807, 2.05) is 0 Å². The smallest absolute Gasteiger partial charge is 0.325 e. The average molecular weight is 453 g/mol. The summed E-state index contributed by atoms with van der Waals surface area (Å²) in [6.45, 7) is -0.664. The standard InChI is InChI=1S/C24H18F3N3O3/c25-24(26,27)18-12-7-13-19(14-18)28-20(31)15-30-21(32)23(29-22(30)33,16-8-3-1-4-9-16)17-10-5-2-6-11-17/h1-14H,15H2,(H,28,31)(H,29,33). The second kappa shape index (κ2) is 8.42. The van der Waals surface area contributed by atoms with Gasteiger partial charge in [0, 0.05) is 5.69 Å². The SMILES string of the molecule is O=C(CN1C(=O)NC(c2ccccc2)(c2ccccc2)C1=O)Nc1cccc(C(F)(F)F)c1. The molecule has 33 heavy (non-hydrogen) atoms. The van der Waals surface area contributed by atoms with Crippen molar-refractivity contribution >= 4 is 23.5 Å². The third-order valence-corrected chi connectivity index (χ3v) is 5.29. The maximum Gasteiger partial charge on any atom is 0.416 e. The number of benzene rings is 3. The number of alkyl halides is 3. The van der Waals surface area contributed by atoms with Crippen molar-refractivity contribution in [1.29, 1.82) is 0 Å². The van der Waals surface area contributed by atoms with Crippen LogP contribution in [0.15, 0.2) is 84.9 Å². The van der Waals surface area contributed by atoms with Crippen LogP contribution >= 0.6 is 0 Å². The van der Waals surface area contributed by atoms with Crippen molar-refractivity contribution in [2.24, 2.45) is 0 Å². The van der Waals surface area contributed by atoms with Crippen molar-refractivity contribution < 1.29 is 27.6 Å². The molecule has 1 aliphatic heterocycles. The van der Waals surface area contributed by atoms with Gasteiger partial charge in [-0.3, -0.25) is 14.5 Å². The van der Waals surface area contributed by atoms with Gasteiger partial charge in [-0.1, -0.05) is 66.7 Å². The van der Waals surface area contributed by atoms with Gasteiger partial charge in [0.05, 0.1) is 5.56 Å². The molecule has 0 aliphatic carbocycles. The summed E-state index contributed by atoms with van der Waals surface area (Å²) in [4.78, 5) is 39.6. The molecule has 0 saturated carbocycles. The molecule has 9 heteroatoms. The van der Waals surface area contributed by atoms with E-state index in [9.17, 15) is 27.6 Å². The molecule has 0 spiro atoms. The number of hydrogen-bond acceptors (Lipinski definition) is 3. The monoisotopic (exact) mass is 453 g/mol. The summed E-state index contributed by atoms with van der Waals surface area (Å²) in [6, 6.07) is 20.5. The normalized spacial score (nSPS) is 15.3. The topological polar surface area (TPSA) is 78.5 Å². The molecule has 168 valence electrons. The first kappa shape index (κ1) is 22.1. The Morgan fingerprint density at radius 3 is 2.00 bits per heavy atom. The van der Waals surface area contributed by atoms with Crippen molar-refractivity contribution in [2.75, 3.05) is 11.9 Å². The molecule has 1 heterocycles. The molecule has 3 aromatic carbocycles. The van der Waals surface area contributed by atoms with Crippen LogP contribution in [0.1, 0.15) is 16.7 Å². The number of carbonyl (C=O) groups is 3. The summed E-state index contributed by atoms with van der Waals surface area (Å²) in [5, 5.41) is 5.02. The Morgan fingerprint density at radius 2 is 1.45 bits per heavy atom. The number of nitrogens with one attached hydrogen (secondary N) is 2. The largest absolute Gasteiger partial charge is 0.416 e. The molecule has 1 saturated heterocycles. The van der Waals surface area contributed by atoms with Gasteiger partial charge in [0.1, 0.15) is 6.54 Å². The van der Waals surface area contributed by atoms with Gasteiger partial charge in [-0.05, 0) is 29.3 Å². The van der Waals surface area contributed by atoms with Gasteiger partial charge in [0.15, 0.2) is 5.54 Å². The molecule has 1 aliphatic rings. The van der Waals surface area contributed by atoms with Crippen LogP contribution in [0.5, 0.6) is 0 Å². The highest BCUT2D eigenvalue weighted by Gasteiger charge is 2.54. The lowest BCUT2D eigenvalue weighted by atomic mass is 9.82. The lowest BCUT2D eigenvalue weighted by Gasteiger charge is -2.28. The molecule has 6 nitrogen and oxygen atoms in total. The highest BCUT2D eigenvalue weighted by Crippen LogP contribution is 2.36. The van der Waals surface area contributed by atoms with Crippen LogP contribution in [-0.4, -0.2) is 29.3 Å². The molecule has 0 bridgehead atoms. The van der Waals surface area contributed by atoms with Gasteiger partial charge in [-0.25, -0.2) is 4.79 Å². The number of urea groups is 1. The lowest BCUT2D eigenvalue weighted by molar-refractivity contribution is -0.137. The molecule has 0 aromatic heterocycles. The zero-order chi connectivity index (χ0) is 23.6. The molecule has 2 N–H and O–H groups in total. The van der Waals surface area contributed by atoms with Crippen LogP contribution in [-0.2, 0) is 21.3 Å². The fraction of sp³-hybridized carbons (Fsp3) is 0.125. The molecule has 1 fully saturated rings. The Kier molecular flexibility index (Phi) is 5.63. The average Bonchev–Trinajstić information content (AvgIpc) is 3.05. The number of amides is 4. The maximum atomic E-state index is 13.5. The molecular formula is C24H18F3N3O3. The van der Waals surface area contributed by atoms with Gasteiger partial charge in [-0.2, -0.15) is 13.2 Å². The van der Waals surface area contributed by atoms with E-state index in [1.165, 1.54) is 6.07 Å². The number of carbonyl (C=O) groups excluding carboxylic acids is 3. The predicted octanol–water partition coefficient (Wildman–Crippen LogP) is 4.14. The molecular weight excluding hydrogens is 435 g/mol. The van der Waals surface area contributed by atoms with Gasteiger partial charge in [-0.15, -0.1) is 0 Å². The van der Waals surface area contributed by atoms with E-state index >= 15 is 0 Å². The summed E-state index contributed by atoms with van der Waals surface area (Å²) in [5.74, 6) is -1.47. The van der Waals surface area contributed by atoms with E-state index in [4.69, 9.17) is 0 Å². The first-order valence-electron chi connectivity index (χ1n) is 9.94. The Labute approximate surface area is 187 Å². The highest BCUT2D eigenvalue weighted by atomic mass is 19.4. The molecule has 0 unspecified atom stereocenters. The van der Waals surface area contributed by atoms with Crippen LogP contribution in [0.25, 0.3) is 0 Å². The van der Waals surface area contributed by atoms with Crippen molar-refractivity contribution in [3.63, 3.8) is 0 Å². The first-order chi connectivity index (χ1) is 15.7. The van der Waals surface area contributed by atoms with Crippen molar-refractivity contribution in [3.05, 3.63) is 102 Å². The summed E-state index contributed by atoms with van der Waals surface area (Å²) < 4.78 is 38.8. The van der Waals surface area contributed by atoms with E-state index in [2.05, 4.69) is 10.6 Å². The molecule has 4 amide bonds. The Bertz CT molecular complexity index is 1160. The lowest BCUT2D eigenvalue weighted by Crippen LogP contribution is -2.45. The van der Waals surface area contributed by atoms with Gasteiger partial charge < -0.3 is 10.6 Å². The van der Waals surface area contributed by atoms with E-state index in [-0.39, 0.29) is 5.69 Å². The van der Waals surface area contributed by atoms with Crippen molar-refractivity contribution in [1.82, 2.24) is 10.2 Å². The van der Waals surface area contributed by atoms with Gasteiger partial charge in [0.25, 0.3) is 5.91 Å². The Balaban J connectivity index is 1.61. The molecule has 3 aromatic rings. The number of rotatable bonds is 5. The number of anilines is 1. The minimum absolute atomic E-state index is 0.0979. The fourth-order valence-electron chi connectivity index (χ4n) is 3.77. The summed E-state index contributed by atoms with van der Waals surface area (Å²) in [6.07, 6.45) is -4.57. The zero-order valence-corrected chi connectivity index (χ0v) is 17.1. The molecule has 0 radical (unpaired) electrons. The fourth-order valence-corrected chi connectivity index (χ4v) is 3.77. The Morgan fingerprint density at radius 1 is 0.879 bits per heavy atom. The number of imide groups is 1. The first-order valence-corrected chi connectivity index (χ1v) is 9.94. The minimum Gasteiger partial charge on any atom is -0.325 e. The number of nitrogens with zero attached hydrogens (tertiary/aromatic N) is 1. The van der Waals surface area contributed by atoms with Gasteiger partial charge >= 0.3 is 12.2 Å². The number of hydrogen-bond donors (Lipinski definition) is 2. The van der Waals surface area contributed by atoms with E-state index in [0.29, 0.717) is 11.1 Å². The highest BCUT2D eigenvalue weighted by molar-refractivity contribution is 6.12. The Hall–Kier alpha value is -4.14. The molecule has 0 atom stereocenters. The van der Waals surface area contributed by atoms with Crippen LogP contribution in [0.2, 0.25) is 0 Å². The van der Waals surface area contributed by atoms with Crippen LogP contribution in [0.4, 0.5) is 23.7 Å². The quantitative estimate of drug-likeness (QED) is 0.570. The third-order valence-electron chi connectivity index (χ3n) is 5.29. The van der Waals surface area contributed by atoms with Gasteiger partial charge in [0.2, 0.25) is 5.91 Å². The summed E-state index contributed by atoms with van der Waals surface area (Å²) in [5.41, 5.74) is -1.54. The number of halogens is 3. The van der Waals surface area contributed by atoms with Crippen molar-refractivity contribution in [3.8, 4) is 0 Å². The van der Waals surface area contributed by atoms with E-state index in [1.54, 1.807) is 60.7 Å². The van der Waals surface area contributed by atoms with E-state index < -0.39 is 41.7 Å². The third kappa shape index (κ3) is 4.17. The minimum atomic E-state index is -4.57. The zero-order valence-electron chi connectivity index (χ0n) is 17.1. The van der Waals surface area contributed by atoms with Crippen LogP contribution in [0, 0.1) is 0 Å². The van der Waals surface area contributed by atoms with Crippen LogP contribution in [0.3, 0.4) is 0 Å². The second-order valence-electron chi connectivity index (χ2n) is 7.43. The maximum absolute atomic E-state index is 13.5. The molecule has 4 rings (SSSR count). The van der Waals surface area contributed by atoms with E-state index in [0.717, 1.165) is 23.1 Å². The summed E-state index contributed by atoms with van der Waals surface area (Å²) >= 11 is 0.